The number of unbranched alkanes of at least 4 members (excludes halogenated alkanes) is 1. The molecule has 0 unspecified atom stereocenters. The molecule has 0 saturated heterocycles. The number of hydrazine groups is 2. The Balaban J connectivity index is 1.61. The fourth-order valence-electron chi connectivity index (χ4n) is 3.79. The van der Waals surface area contributed by atoms with E-state index in [0.29, 0.717) is 25.6 Å². The fraction of sp³-hybridized carbons (Fsp3) is 0.522. The summed E-state index contributed by atoms with van der Waals surface area (Å²) in [6.45, 7) is 1.67. The first-order chi connectivity index (χ1) is 16.3. The molecule has 2 amide bonds. The van der Waals surface area contributed by atoms with Gasteiger partial charge in [-0.1, -0.05) is 25.3 Å². The molecule has 0 aliphatic heterocycles. The number of carbonyl (C=O) groups is 2. The molecule has 1 fully saturated rings. The third-order valence-electron chi connectivity index (χ3n) is 5.60. The monoisotopic (exact) mass is 473 g/mol. The molecule has 11 nitrogen and oxygen atoms in total. The summed E-state index contributed by atoms with van der Waals surface area (Å²) in [5, 5.41) is 8.30. The van der Waals surface area contributed by atoms with Gasteiger partial charge < -0.3 is 32.1 Å². The maximum Gasteiger partial charge on any atom is 0.268 e. The van der Waals surface area contributed by atoms with Crippen LogP contribution in [-0.2, 0) is 16.0 Å². The number of hydrogen-bond donors (Lipinski definition) is 6. The molecule has 34 heavy (non-hydrogen) atoms. The number of nitrogens with zero attached hydrogens (tertiary/aromatic N) is 3. The lowest BCUT2D eigenvalue weighted by Gasteiger charge is -2.22. The van der Waals surface area contributed by atoms with Gasteiger partial charge in [0, 0.05) is 38.2 Å². The SMILES string of the molecule is N/C(=C\N(N)CCCCN(N)/C=C(\N)NC(=O)Cc1cccnc1)C(=O)NCC1CCCCC1. The highest BCUT2D eigenvalue weighted by Gasteiger charge is 2.15. The van der Waals surface area contributed by atoms with Crippen LogP contribution in [0.2, 0.25) is 0 Å². The van der Waals surface area contributed by atoms with Gasteiger partial charge in [-0.15, -0.1) is 0 Å². The number of nitrogens with one attached hydrogen (secondary N) is 2. The van der Waals surface area contributed by atoms with E-state index in [2.05, 4.69) is 15.6 Å². The molecule has 2 rings (SSSR count). The first-order valence-electron chi connectivity index (χ1n) is 11.8. The third kappa shape index (κ3) is 11.0. The molecular weight excluding hydrogens is 434 g/mol. The molecule has 1 saturated carbocycles. The average Bonchev–Trinajstić information content (AvgIpc) is 2.81. The summed E-state index contributed by atoms with van der Waals surface area (Å²) in [6.07, 6.45) is 13.9. The highest BCUT2D eigenvalue weighted by atomic mass is 16.2. The molecule has 1 heterocycles. The number of carbonyl (C=O) groups excluding carboxylic acids is 2. The predicted octanol–water partition coefficient (Wildman–Crippen LogP) is 0.126. The van der Waals surface area contributed by atoms with Crippen LogP contribution in [0.4, 0.5) is 0 Å². The standard InChI is InChI=1S/C23H39N9O2/c24-20(23(34)29-15-18-7-2-1-3-8-18)16-31(26)11-4-5-12-32(27)17-21(25)30-22(33)13-19-9-6-10-28-14-19/h6,9-10,14,16-18H,1-5,7-8,11-13,15,24-27H2,(H,29,34)(H,30,33)/b20-16-,21-17+. The predicted molar refractivity (Wildman–Crippen MR) is 131 cm³/mol. The van der Waals surface area contributed by atoms with E-state index in [0.717, 1.165) is 31.2 Å². The molecule has 0 spiro atoms. The Labute approximate surface area is 201 Å². The van der Waals surface area contributed by atoms with Crippen molar-refractivity contribution in [1.29, 1.82) is 0 Å². The summed E-state index contributed by atoms with van der Waals surface area (Å²) in [5.41, 5.74) is 12.6. The smallest absolute Gasteiger partial charge is 0.268 e. The zero-order chi connectivity index (χ0) is 24.8. The van der Waals surface area contributed by atoms with Crippen molar-refractivity contribution < 1.29 is 9.59 Å². The molecule has 11 heteroatoms. The molecule has 0 aromatic carbocycles. The summed E-state index contributed by atoms with van der Waals surface area (Å²) >= 11 is 0. The molecule has 0 radical (unpaired) electrons. The van der Waals surface area contributed by atoms with Crippen LogP contribution in [0.3, 0.4) is 0 Å². The molecular formula is C23H39N9O2. The summed E-state index contributed by atoms with van der Waals surface area (Å²) in [5.74, 6) is 12.0. The highest BCUT2D eigenvalue weighted by molar-refractivity contribution is 5.92. The van der Waals surface area contributed by atoms with Crippen LogP contribution in [0.1, 0.15) is 50.5 Å². The van der Waals surface area contributed by atoms with Crippen molar-refractivity contribution in [3.8, 4) is 0 Å². The lowest BCUT2D eigenvalue weighted by Crippen LogP contribution is -2.36. The minimum atomic E-state index is -0.291. The first-order valence-corrected chi connectivity index (χ1v) is 11.8. The fourth-order valence-corrected chi connectivity index (χ4v) is 3.79. The zero-order valence-corrected chi connectivity index (χ0v) is 19.8. The number of amides is 2. The van der Waals surface area contributed by atoms with Crippen LogP contribution in [-0.4, -0.2) is 46.5 Å². The van der Waals surface area contributed by atoms with E-state index in [1.54, 1.807) is 18.5 Å². The first kappa shape index (κ1) is 26.9. The molecule has 1 aliphatic rings. The lowest BCUT2D eigenvalue weighted by molar-refractivity contribution is -0.120. The minimum Gasteiger partial charge on any atom is -0.393 e. The van der Waals surface area contributed by atoms with Crippen molar-refractivity contribution in [2.45, 2.75) is 51.4 Å². The van der Waals surface area contributed by atoms with Crippen LogP contribution in [0.25, 0.3) is 0 Å². The van der Waals surface area contributed by atoms with E-state index in [1.165, 1.54) is 41.7 Å². The van der Waals surface area contributed by atoms with Crippen molar-refractivity contribution in [3.63, 3.8) is 0 Å². The second-order valence-electron chi connectivity index (χ2n) is 8.65. The van der Waals surface area contributed by atoms with Crippen LogP contribution in [0.15, 0.2) is 48.4 Å². The van der Waals surface area contributed by atoms with Crippen molar-refractivity contribution in [3.05, 3.63) is 54.0 Å². The molecule has 10 N–H and O–H groups in total. The van der Waals surface area contributed by atoms with Crippen LogP contribution >= 0.6 is 0 Å². The number of aromatic nitrogens is 1. The van der Waals surface area contributed by atoms with Gasteiger partial charge in [-0.05, 0) is 43.2 Å². The van der Waals surface area contributed by atoms with Gasteiger partial charge in [-0.2, -0.15) is 0 Å². The second kappa shape index (κ2) is 14.8. The summed E-state index contributed by atoms with van der Waals surface area (Å²) in [6, 6.07) is 3.58. The number of nitrogens with two attached hydrogens (primary N) is 4. The molecule has 188 valence electrons. The van der Waals surface area contributed by atoms with E-state index < -0.39 is 0 Å². The second-order valence-corrected chi connectivity index (χ2v) is 8.65. The molecule has 0 bridgehead atoms. The lowest BCUT2D eigenvalue weighted by atomic mass is 9.89. The van der Waals surface area contributed by atoms with Gasteiger partial charge in [0.2, 0.25) is 5.91 Å². The summed E-state index contributed by atoms with van der Waals surface area (Å²) in [7, 11) is 0. The minimum absolute atomic E-state index is 0.0940. The number of hydrogen-bond acceptors (Lipinski definition) is 9. The Morgan fingerprint density at radius 2 is 1.74 bits per heavy atom. The quantitative estimate of drug-likeness (QED) is 0.100. The highest BCUT2D eigenvalue weighted by Crippen LogP contribution is 2.22. The molecule has 0 atom stereocenters. The van der Waals surface area contributed by atoms with E-state index in [1.807, 2.05) is 6.07 Å². The Hall–Kier alpha value is -3.31. The maximum atomic E-state index is 12.2. The van der Waals surface area contributed by atoms with E-state index in [9.17, 15) is 9.59 Å². The van der Waals surface area contributed by atoms with Crippen LogP contribution in [0, 0.1) is 5.92 Å². The summed E-state index contributed by atoms with van der Waals surface area (Å²) in [4.78, 5) is 28.1. The maximum absolute atomic E-state index is 12.2. The number of rotatable bonds is 13. The normalized spacial score (nSPS) is 15.0. The Morgan fingerprint density at radius 1 is 1.06 bits per heavy atom. The van der Waals surface area contributed by atoms with Crippen molar-refractivity contribution in [1.82, 2.24) is 25.6 Å². The Bertz CT molecular complexity index is 823. The molecule has 1 aromatic heterocycles. The van der Waals surface area contributed by atoms with E-state index in [-0.39, 0.29) is 29.8 Å². The Kier molecular flexibility index (Phi) is 11.7. The third-order valence-corrected chi connectivity index (χ3v) is 5.60. The van der Waals surface area contributed by atoms with Gasteiger partial charge in [-0.25, -0.2) is 11.7 Å². The zero-order valence-electron chi connectivity index (χ0n) is 19.8. The van der Waals surface area contributed by atoms with E-state index in [4.69, 9.17) is 23.2 Å². The van der Waals surface area contributed by atoms with Crippen molar-refractivity contribution in [2.75, 3.05) is 19.6 Å². The van der Waals surface area contributed by atoms with Gasteiger partial charge >= 0.3 is 0 Å². The van der Waals surface area contributed by atoms with Crippen LogP contribution < -0.4 is 33.8 Å². The average molecular weight is 474 g/mol. The largest absolute Gasteiger partial charge is 0.393 e. The topological polar surface area (TPSA) is 182 Å². The van der Waals surface area contributed by atoms with Gasteiger partial charge in [-0.3, -0.25) is 14.6 Å². The van der Waals surface area contributed by atoms with Crippen molar-refractivity contribution in [2.24, 2.45) is 29.1 Å². The van der Waals surface area contributed by atoms with Gasteiger partial charge in [0.25, 0.3) is 5.91 Å². The van der Waals surface area contributed by atoms with Gasteiger partial charge in [0.15, 0.2) is 0 Å². The van der Waals surface area contributed by atoms with Crippen molar-refractivity contribution >= 4 is 11.8 Å². The molecule has 1 aromatic rings. The van der Waals surface area contributed by atoms with E-state index >= 15 is 0 Å². The Morgan fingerprint density at radius 3 is 2.38 bits per heavy atom. The van der Waals surface area contributed by atoms with Gasteiger partial charge in [0.1, 0.15) is 11.5 Å². The van der Waals surface area contributed by atoms with Gasteiger partial charge in [0.05, 0.1) is 12.6 Å². The number of pyridine rings is 1. The molecule has 1 aliphatic carbocycles. The summed E-state index contributed by atoms with van der Waals surface area (Å²) < 4.78 is 0. The van der Waals surface area contributed by atoms with Crippen LogP contribution in [0.5, 0.6) is 0 Å².